The highest BCUT2D eigenvalue weighted by Gasteiger charge is 2.25. The van der Waals surface area contributed by atoms with Crippen molar-refractivity contribution in [3.05, 3.63) is 24.2 Å². The molecule has 0 aliphatic heterocycles. The van der Waals surface area contributed by atoms with E-state index in [1.165, 1.54) is 12.5 Å². The number of aliphatic hydroxyl groups is 1. The van der Waals surface area contributed by atoms with Crippen molar-refractivity contribution >= 4 is 39.8 Å². The Morgan fingerprint density at radius 3 is 2.65 bits per heavy atom. The summed E-state index contributed by atoms with van der Waals surface area (Å²) >= 11 is 0. The zero-order chi connectivity index (χ0) is 16.6. The summed E-state index contributed by atoms with van der Waals surface area (Å²) in [6.45, 7) is 4.84. The molecule has 0 saturated heterocycles. The van der Waals surface area contributed by atoms with Crippen molar-refractivity contribution in [1.82, 2.24) is 10.6 Å². The fourth-order valence-electron chi connectivity index (χ4n) is 1.78. The van der Waals surface area contributed by atoms with E-state index in [0.717, 1.165) is 0 Å². The fraction of sp³-hybridized carbons (Fsp3) is 0.643. The molecule has 0 amide bonds. The van der Waals surface area contributed by atoms with E-state index in [-0.39, 0.29) is 36.3 Å². The van der Waals surface area contributed by atoms with Crippen LogP contribution in [0.1, 0.15) is 26.0 Å². The molecule has 1 unspecified atom stereocenters. The van der Waals surface area contributed by atoms with Gasteiger partial charge in [0.2, 0.25) is 0 Å². The lowest BCUT2D eigenvalue weighted by atomic mass is 10.0. The lowest BCUT2D eigenvalue weighted by Crippen LogP contribution is -2.39. The van der Waals surface area contributed by atoms with Gasteiger partial charge in [0.25, 0.3) is 0 Å². The Bertz CT molecular complexity index is 571. The van der Waals surface area contributed by atoms with Crippen LogP contribution < -0.4 is 10.6 Å². The molecule has 0 spiro atoms. The first kappa shape index (κ1) is 22.2. The molecule has 23 heavy (non-hydrogen) atoms. The van der Waals surface area contributed by atoms with Gasteiger partial charge in [0, 0.05) is 19.3 Å². The first-order chi connectivity index (χ1) is 10.2. The van der Waals surface area contributed by atoms with Gasteiger partial charge in [0.05, 0.1) is 18.6 Å². The molecule has 0 saturated carbocycles. The largest absolute Gasteiger partial charge is 0.466 e. The molecule has 0 fully saturated rings. The van der Waals surface area contributed by atoms with Gasteiger partial charge in [0.15, 0.2) is 5.96 Å². The van der Waals surface area contributed by atoms with E-state index in [2.05, 4.69) is 15.6 Å². The average molecular weight is 459 g/mol. The van der Waals surface area contributed by atoms with Crippen LogP contribution in [-0.2, 0) is 15.4 Å². The van der Waals surface area contributed by atoms with E-state index >= 15 is 0 Å². The molecule has 0 bridgehead atoms. The number of nitrogens with one attached hydrogen (secondary N) is 2. The zero-order valence-electron chi connectivity index (χ0n) is 13.7. The third kappa shape index (κ3) is 9.16. The number of hydrogen-bond donors (Lipinski definition) is 3. The van der Waals surface area contributed by atoms with Crippen LogP contribution in [0.15, 0.2) is 27.8 Å². The SMILES string of the molecule is CCNC(=NCC(C)(O)c1ccco1)NCCCS(C)(=O)=O.I. The Labute approximate surface area is 154 Å². The topological polar surface area (TPSA) is 104 Å². The highest BCUT2D eigenvalue weighted by atomic mass is 127. The van der Waals surface area contributed by atoms with Crippen LogP contribution in [0, 0.1) is 0 Å². The third-order valence-corrected chi connectivity index (χ3v) is 3.96. The molecule has 1 rings (SSSR count). The Kier molecular flexibility index (Phi) is 9.78. The predicted octanol–water partition coefficient (Wildman–Crippen LogP) is 1.09. The van der Waals surface area contributed by atoms with Gasteiger partial charge < -0.3 is 20.2 Å². The Hall–Kier alpha value is -0.810. The number of halogens is 1. The van der Waals surface area contributed by atoms with E-state index in [4.69, 9.17) is 4.42 Å². The molecule has 1 aromatic heterocycles. The van der Waals surface area contributed by atoms with Gasteiger partial charge in [0.1, 0.15) is 21.2 Å². The summed E-state index contributed by atoms with van der Waals surface area (Å²) in [6, 6.07) is 3.41. The minimum Gasteiger partial charge on any atom is -0.466 e. The van der Waals surface area contributed by atoms with Crippen molar-refractivity contribution in [3.8, 4) is 0 Å². The van der Waals surface area contributed by atoms with Crippen LogP contribution in [-0.4, -0.2) is 51.1 Å². The van der Waals surface area contributed by atoms with Crippen LogP contribution in [0.4, 0.5) is 0 Å². The molecule has 134 valence electrons. The van der Waals surface area contributed by atoms with E-state index in [1.54, 1.807) is 19.1 Å². The maximum atomic E-state index is 11.1. The number of hydrogen-bond acceptors (Lipinski definition) is 5. The molecule has 0 aliphatic rings. The standard InChI is InChI=1S/C14H25N3O4S.HI/c1-4-15-13(16-8-6-10-22(3,19)20)17-11-14(2,18)12-7-5-9-21-12;/h5,7,9,18H,4,6,8,10-11H2,1-3H3,(H2,15,16,17);1H. The smallest absolute Gasteiger partial charge is 0.191 e. The molecule has 9 heteroatoms. The summed E-state index contributed by atoms with van der Waals surface area (Å²) in [5.41, 5.74) is -1.20. The van der Waals surface area contributed by atoms with Gasteiger partial charge in [-0.15, -0.1) is 24.0 Å². The van der Waals surface area contributed by atoms with Gasteiger partial charge in [-0.05, 0) is 32.4 Å². The van der Waals surface area contributed by atoms with Crippen molar-refractivity contribution in [1.29, 1.82) is 0 Å². The summed E-state index contributed by atoms with van der Waals surface area (Å²) in [7, 11) is -2.95. The molecule has 7 nitrogen and oxygen atoms in total. The number of rotatable bonds is 8. The Balaban J connectivity index is 0.00000484. The second-order valence-corrected chi connectivity index (χ2v) is 7.62. The molecule has 1 atom stereocenters. The van der Waals surface area contributed by atoms with Crippen LogP contribution in [0.5, 0.6) is 0 Å². The molecule has 0 radical (unpaired) electrons. The van der Waals surface area contributed by atoms with Crippen molar-refractivity contribution in [2.24, 2.45) is 4.99 Å². The van der Waals surface area contributed by atoms with E-state index in [1.807, 2.05) is 6.92 Å². The highest BCUT2D eigenvalue weighted by molar-refractivity contribution is 14.0. The van der Waals surface area contributed by atoms with Gasteiger partial charge in [-0.3, -0.25) is 0 Å². The van der Waals surface area contributed by atoms with E-state index in [9.17, 15) is 13.5 Å². The average Bonchev–Trinajstić information content (AvgIpc) is 2.94. The maximum absolute atomic E-state index is 11.1. The summed E-state index contributed by atoms with van der Waals surface area (Å²) in [5.74, 6) is 1.11. The maximum Gasteiger partial charge on any atom is 0.191 e. The Morgan fingerprint density at radius 1 is 1.43 bits per heavy atom. The Morgan fingerprint density at radius 2 is 2.13 bits per heavy atom. The van der Waals surface area contributed by atoms with Crippen LogP contribution >= 0.6 is 24.0 Å². The third-order valence-electron chi connectivity index (χ3n) is 2.93. The van der Waals surface area contributed by atoms with Crippen molar-refractivity contribution < 1.29 is 17.9 Å². The summed E-state index contributed by atoms with van der Waals surface area (Å²) < 4.78 is 27.3. The summed E-state index contributed by atoms with van der Waals surface area (Å²) in [5, 5.41) is 16.4. The molecular formula is C14H26IN3O4S. The zero-order valence-corrected chi connectivity index (χ0v) is 16.9. The van der Waals surface area contributed by atoms with Gasteiger partial charge >= 0.3 is 0 Å². The number of guanidine groups is 1. The minimum absolute atomic E-state index is 0. The van der Waals surface area contributed by atoms with E-state index in [0.29, 0.717) is 31.2 Å². The lowest BCUT2D eigenvalue weighted by Gasteiger charge is -2.19. The van der Waals surface area contributed by atoms with Gasteiger partial charge in [-0.25, -0.2) is 13.4 Å². The van der Waals surface area contributed by atoms with Crippen molar-refractivity contribution in [3.63, 3.8) is 0 Å². The molecule has 0 aliphatic carbocycles. The number of aliphatic imine (C=N–C) groups is 1. The van der Waals surface area contributed by atoms with Crippen molar-refractivity contribution in [2.45, 2.75) is 25.9 Å². The second-order valence-electron chi connectivity index (χ2n) is 5.36. The molecule has 1 aromatic rings. The molecule has 1 heterocycles. The number of sulfone groups is 1. The van der Waals surface area contributed by atoms with Gasteiger partial charge in [-0.1, -0.05) is 0 Å². The number of furan rings is 1. The quantitative estimate of drug-likeness (QED) is 0.233. The minimum atomic E-state index is -2.95. The molecule has 0 aromatic carbocycles. The van der Waals surface area contributed by atoms with Crippen molar-refractivity contribution in [2.75, 3.05) is 31.6 Å². The predicted molar refractivity (Wildman–Crippen MR) is 102 cm³/mol. The first-order valence-electron chi connectivity index (χ1n) is 7.21. The fourth-order valence-corrected chi connectivity index (χ4v) is 2.45. The first-order valence-corrected chi connectivity index (χ1v) is 9.27. The summed E-state index contributed by atoms with van der Waals surface area (Å²) in [6.07, 6.45) is 3.22. The monoisotopic (exact) mass is 459 g/mol. The lowest BCUT2D eigenvalue weighted by molar-refractivity contribution is 0.0437. The number of nitrogens with zero attached hydrogens (tertiary/aromatic N) is 1. The normalized spacial score (nSPS) is 14.7. The summed E-state index contributed by atoms with van der Waals surface area (Å²) in [4.78, 5) is 4.31. The highest BCUT2D eigenvalue weighted by Crippen LogP contribution is 2.20. The van der Waals surface area contributed by atoms with E-state index < -0.39 is 15.4 Å². The second kappa shape index (κ2) is 10.1. The molecule has 3 N–H and O–H groups in total. The molecular weight excluding hydrogens is 433 g/mol. The van der Waals surface area contributed by atoms with Gasteiger partial charge in [-0.2, -0.15) is 0 Å². The van der Waals surface area contributed by atoms with Crippen LogP contribution in [0.25, 0.3) is 0 Å². The van der Waals surface area contributed by atoms with Crippen LogP contribution in [0.2, 0.25) is 0 Å². The van der Waals surface area contributed by atoms with Crippen LogP contribution in [0.3, 0.4) is 0 Å².